The summed E-state index contributed by atoms with van der Waals surface area (Å²) in [5.41, 5.74) is 0.625. The summed E-state index contributed by atoms with van der Waals surface area (Å²) in [7, 11) is -3.84. The smallest absolute Gasteiger partial charge is 0.265 e. The predicted molar refractivity (Wildman–Crippen MR) is 120 cm³/mol. The standard InChI is InChI=1S/C22H22ClN3O3S/c23-21-15-26(30(27,28)20-10-3-6-16-5-1-2-7-17(16)20)19-9-4-8-18(22(19)29-21)25-13-11-24-12-14-25/h1-10,21,24H,11-15H2. The second-order valence-corrected chi connectivity index (χ2v) is 9.72. The lowest BCUT2D eigenvalue weighted by molar-refractivity contribution is 0.277. The van der Waals surface area contributed by atoms with E-state index in [1.54, 1.807) is 18.2 Å². The fourth-order valence-electron chi connectivity index (χ4n) is 4.15. The van der Waals surface area contributed by atoms with Crippen molar-refractivity contribution in [3.05, 3.63) is 60.7 Å². The summed E-state index contributed by atoms with van der Waals surface area (Å²) >= 11 is 6.40. The molecule has 1 N–H and O–H groups in total. The van der Waals surface area contributed by atoms with E-state index in [0.29, 0.717) is 16.8 Å². The molecule has 0 radical (unpaired) electrons. The first-order valence-corrected chi connectivity index (χ1v) is 11.8. The Labute approximate surface area is 181 Å². The monoisotopic (exact) mass is 443 g/mol. The number of hydrogen-bond donors (Lipinski definition) is 1. The van der Waals surface area contributed by atoms with Gasteiger partial charge in [0.05, 0.1) is 22.8 Å². The number of rotatable bonds is 3. The number of halogens is 1. The zero-order valence-electron chi connectivity index (χ0n) is 16.3. The second kappa shape index (κ2) is 7.65. The molecule has 3 aromatic carbocycles. The first-order chi connectivity index (χ1) is 14.6. The number of para-hydroxylation sites is 1. The molecule has 0 aliphatic carbocycles. The van der Waals surface area contributed by atoms with Crippen molar-refractivity contribution in [2.75, 3.05) is 41.9 Å². The number of hydrogen-bond acceptors (Lipinski definition) is 5. The number of ether oxygens (including phenoxy) is 1. The van der Waals surface area contributed by atoms with Gasteiger partial charge in [-0.15, -0.1) is 0 Å². The van der Waals surface area contributed by atoms with Gasteiger partial charge >= 0.3 is 0 Å². The van der Waals surface area contributed by atoms with E-state index >= 15 is 0 Å². The Morgan fingerprint density at radius 2 is 1.63 bits per heavy atom. The fraction of sp³-hybridized carbons (Fsp3) is 0.273. The van der Waals surface area contributed by atoms with Gasteiger partial charge in [-0.3, -0.25) is 4.31 Å². The normalized spacial score (nSPS) is 19.4. The highest BCUT2D eigenvalue weighted by atomic mass is 35.5. The van der Waals surface area contributed by atoms with E-state index in [4.69, 9.17) is 16.3 Å². The summed E-state index contributed by atoms with van der Waals surface area (Å²) in [6.07, 6.45) is 0. The van der Waals surface area contributed by atoms with Crippen LogP contribution in [0.3, 0.4) is 0 Å². The third-order valence-electron chi connectivity index (χ3n) is 5.57. The summed E-state index contributed by atoms with van der Waals surface area (Å²) in [5, 5.41) is 4.90. The molecule has 2 aliphatic rings. The van der Waals surface area contributed by atoms with Gasteiger partial charge in [0.15, 0.2) is 11.3 Å². The van der Waals surface area contributed by atoms with Gasteiger partial charge in [0.2, 0.25) is 0 Å². The number of sulfonamides is 1. The van der Waals surface area contributed by atoms with Crippen molar-refractivity contribution < 1.29 is 13.2 Å². The molecule has 5 rings (SSSR count). The average molecular weight is 444 g/mol. The van der Waals surface area contributed by atoms with Crippen molar-refractivity contribution in [2.24, 2.45) is 0 Å². The molecular weight excluding hydrogens is 422 g/mol. The summed E-state index contributed by atoms with van der Waals surface area (Å²) in [6.45, 7) is 3.43. The van der Waals surface area contributed by atoms with Crippen molar-refractivity contribution >= 4 is 43.8 Å². The van der Waals surface area contributed by atoms with Crippen molar-refractivity contribution in [1.29, 1.82) is 0 Å². The quantitative estimate of drug-likeness (QED) is 0.628. The highest BCUT2D eigenvalue weighted by Gasteiger charge is 2.36. The van der Waals surface area contributed by atoms with Gasteiger partial charge in [0, 0.05) is 31.6 Å². The minimum absolute atomic E-state index is 0.0467. The number of benzene rings is 3. The van der Waals surface area contributed by atoms with Crippen LogP contribution in [0.25, 0.3) is 10.8 Å². The van der Waals surface area contributed by atoms with E-state index in [9.17, 15) is 8.42 Å². The fourth-order valence-corrected chi connectivity index (χ4v) is 6.14. The minimum atomic E-state index is -3.84. The molecule has 6 nitrogen and oxygen atoms in total. The molecule has 2 heterocycles. The topological polar surface area (TPSA) is 61.9 Å². The van der Waals surface area contributed by atoms with E-state index in [1.165, 1.54) is 4.31 Å². The number of piperazine rings is 1. The average Bonchev–Trinajstić information content (AvgIpc) is 2.78. The Kier molecular flexibility index (Phi) is 4.97. The van der Waals surface area contributed by atoms with Gasteiger partial charge in [-0.2, -0.15) is 0 Å². The van der Waals surface area contributed by atoms with Crippen LogP contribution in [-0.4, -0.2) is 46.7 Å². The van der Waals surface area contributed by atoms with E-state index in [1.807, 2.05) is 42.5 Å². The van der Waals surface area contributed by atoms with E-state index < -0.39 is 15.6 Å². The lowest BCUT2D eigenvalue weighted by Crippen LogP contribution is -2.45. The first-order valence-electron chi connectivity index (χ1n) is 9.95. The van der Waals surface area contributed by atoms with Crippen molar-refractivity contribution in [1.82, 2.24) is 5.32 Å². The van der Waals surface area contributed by atoms with Gasteiger partial charge in [-0.1, -0.05) is 54.1 Å². The van der Waals surface area contributed by atoms with Crippen LogP contribution in [0.15, 0.2) is 65.6 Å². The zero-order chi connectivity index (χ0) is 20.7. The van der Waals surface area contributed by atoms with Crippen molar-refractivity contribution in [3.8, 4) is 5.75 Å². The highest BCUT2D eigenvalue weighted by Crippen LogP contribution is 2.44. The molecule has 1 fully saturated rings. The number of nitrogens with one attached hydrogen (secondary N) is 1. The van der Waals surface area contributed by atoms with Crippen LogP contribution in [0.2, 0.25) is 0 Å². The van der Waals surface area contributed by atoms with Gasteiger partial charge in [0.25, 0.3) is 10.0 Å². The predicted octanol–water partition coefficient (Wildman–Crippen LogP) is 3.40. The second-order valence-electron chi connectivity index (χ2n) is 7.40. The Hall–Kier alpha value is -2.48. The van der Waals surface area contributed by atoms with Gasteiger partial charge in [0.1, 0.15) is 0 Å². The Morgan fingerprint density at radius 1 is 0.933 bits per heavy atom. The maximum absolute atomic E-state index is 13.8. The lowest BCUT2D eigenvalue weighted by atomic mass is 10.1. The van der Waals surface area contributed by atoms with Crippen LogP contribution in [0.1, 0.15) is 0 Å². The van der Waals surface area contributed by atoms with Crippen molar-refractivity contribution in [2.45, 2.75) is 10.5 Å². The molecule has 1 atom stereocenters. The minimum Gasteiger partial charge on any atom is -0.468 e. The van der Waals surface area contributed by atoms with E-state index in [-0.39, 0.29) is 11.4 Å². The largest absolute Gasteiger partial charge is 0.468 e. The summed E-state index contributed by atoms with van der Waals surface area (Å²) < 4.78 is 34.9. The molecule has 0 saturated carbocycles. The first kappa shape index (κ1) is 19.5. The molecule has 0 spiro atoms. The summed E-state index contributed by atoms with van der Waals surface area (Å²) in [5.74, 6) is 0.523. The van der Waals surface area contributed by atoms with E-state index in [2.05, 4.69) is 10.2 Å². The van der Waals surface area contributed by atoms with Crippen LogP contribution in [0.4, 0.5) is 11.4 Å². The number of alkyl halides is 1. The number of fused-ring (bicyclic) bond motifs is 2. The van der Waals surface area contributed by atoms with Crippen LogP contribution < -0.4 is 19.3 Å². The number of nitrogens with zero attached hydrogens (tertiary/aromatic N) is 2. The Balaban J connectivity index is 1.64. The summed E-state index contributed by atoms with van der Waals surface area (Å²) in [6, 6.07) is 18.4. The molecule has 156 valence electrons. The third kappa shape index (κ3) is 3.27. The van der Waals surface area contributed by atoms with Crippen LogP contribution in [0, 0.1) is 0 Å². The molecule has 1 saturated heterocycles. The van der Waals surface area contributed by atoms with Gasteiger partial charge < -0.3 is 15.0 Å². The van der Waals surface area contributed by atoms with Crippen LogP contribution in [-0.2, 0) is 10.0 Å². The van der Waals surface area contributed by atoms with Crippen molar-refractivity contribution in [3.63, 3.8) is 0 Å². The molecule has 0 bridgehead atoms. The lowest BCUT2D eigenvalue weighted by Gasteiger charge is -2.37. The molecule has 0 aromatic heterocycles. The number of anilines is 2. The van der Waals surface area contributed by atoms with Gasteiger partial charge in [-0.05, 0) is 23.6 Å². The molecule has 30 heavy (non-hydrogen) atoms. The molecule has 1 unspecified atom stereocenters. The van der Waals surface area contributed by atoms with Crippen LogP contribution in [0.5, 0.6) is 5.75 Å². The molecular formula is C22H22ClN3O3S. The van der Waals surface area contributed by atoms with Gasteiger partial charge in [-0.25, -0.2) is 8.42 Å². The Bertz CT molecular complexity index is 1190. The molecule has 2 aliphatic heterocycles. The highest BCUT2D eigenvalue weighted by molar-refractivity contribution is 7.93. The van der Waals surface area contributed by atoms with Crippen LogP contribution >= 0.6 is 11.6 Å². The molecule has 8 heteroatoms. The summed E-state index contributed by atoms with van der Waals surface area (Å²) in [4.78, 5) is 2.47. The molecule has 3 aromatic rings. The molecule has 0 amide bonds. The maximum atomic E-state index is 13.8. The zero-order valence-corrected chi connectivity index (χ0v) is 17.9. The SMILES string of the molecule is O=S(=O)(c1cccc2ccccc12)N1CC(Cl)Oc2c(N3CCNCC3)cccc21. The Morgan fingerprint density at radius 3 is 2.47 bits per heavy atom. The maximum Gasteiger partial charge on any atom is 0.265 e. The third-order valence-corrected chi connectivity index (χ3v) is 7.64. The van der Waals surface area contributed by atoms with E-state index in [0.717, 1.165) is 37.3 Å².